The fraction of sp³-hybridized carbons (Fsp3) is 0.857. The lowest BCUT2D eigenvalue weighted by Gasteiger charge is -2.46. The lowest BCUT2D eigenvalue weighted by molar-refractivity contribution is -0.158. The van der Waals surface area contributed by atoms with Crippen LogP contribution in [-0.4, -0.2) is 59.4 Å². The van der Waals surface area contributed by atoms with E-state index in [1.54, 1.807) is 16.8 Å². The van der Waals surface area contributed by atoms with Crippen molar-refractivity contribution in [3.8, 4) is 0 Å². The molecule has 2 atom stereocenters. The number of rotatable bonds is 1. The van der Waals surface area contributed by atoms with Crippen molar-refractivity contribution in [2.75, 3.05) is 20.1 Å². The summed E-state index contributed by atoms with van der Waals surface area (Å²) < 4.78 is 0. The summed E-state index contributed by atoms with van der Waals surface area (Å²) >= 11 is 0. The normalized spacial score (nSPS) is 31.5. The number of nitrogens with one attached hydrogen (secondary N) is 1. The predicted octanol–water partition coefficient (Wildman–Crippen LogP) is 0.596. The smallest absolute Gasteiger partial charge is 0.247 e. The van der Waals surface area contributed by atoms with Crippen LogP contribution in [0.25, 0.3) is 0 Å². The molecule has 0 bridgehead atoms. The first kappa shape index (κ1) is 14.3. The first-order valence-corrected chi connectivity index (χ1v) is 7.17. The van der Waals surface area contributed by atoms with Crippen molar-refractivity contribution >= 4 is 11.8 Å². The van der Waals surface area contributed by atoms with E-state index in [2.05, 4.69) is 12.2 Å². The average Bonchev–Trinajstić information content (AvgIpc) is 2.35. The van der Waals surface area contributed by atoms with E-state index < -0.39 is 5.54 Å². The minimum absolute atomic E-state index is 0.0240. The van der Waals surface area contributed by atoms with Crippen molar-refractivity contribution in [1.82, 2.24) is 15.1 Å². The first-order chi connectivity index (χ1) is 8.84. The van der Waals surface area contributed by atoms with Crippen LogP contribution in [0.5, 0.6) is 0 Å². The van der Waals surface area contributed by atoms with E-state index in [9.17, 15) is 9.59 Å². The van der Waals surface area contributed by atoms with Crippen LogP contribution in [0.3, 0.4) is 0 Å². The van der Waals surface area contributed by atoms with Gasteiger partial charge in [-0.1, -0.05) is 0 Å². The molecule has 0 aromatic heterocycles. The van der Waals surface area contributed by atoms with E-state index in [0.717, 1.165) is 19.3 Å². The van der Waals surface area contributed by atoms with E-state index in [0.29, 0.717) is 19.1 Å². The molecule has 0 saturated carbocycles. The molecule has 108 valence electrons. The Bertz CT molecular complexity index is 381. The topological polar surface area (TPSA) is 52.7 Å². The monoisotopic (exact) mass is 267 g/mol. The Balaban J connectivity index is 2.12. The molecule has 0 aromatic rings. The number of piperidine rings is 1. The quantitative estimate of drug-likeness (QED) is 0.757. The Hall–Kier alpha value is -1.10. The van der Waals surface area contributed by atoms with Gasteiger partial charge in [0, 0.05) is 26.2 Å². The second kappa shape index (κ2) is 5.12. The summed E-state index contributed by atoms with van der Waals surface area (Å²) in [5.41, 5.74) is -0.730. The molecule has 2 unspecified atom stereocenters. The number of piperazine rings is 1. The molecule has 2 amide bonds. The maximum atomic E-state index is 12.7. The third kappa shape index (κ3) is 2.61. The van der Waals surface area contributed by atoms with Crippen LogP contribution >= 0.6 is 0 Å². The highest BCUT2D eigenvalue weighted by molar-refractivity contribution is 5.93. The summed E-state index contributed by atoms with van der Waals surface area (Å²) in [7, 11) is 1.80. The number of nitrogens with zero attached hydrogens (tertiary/aromatic N) is 2. The van der Waals surface area contributed by atoms with Gasteiger partial charge >= 0.3 is 0 Å². The molecule has 0 aliphatic carbocycles. The fourth-order valence-corrected chi connectivity index (χ4v) is 3.12. The van der Waals surface area contributed by atoms with Gasteiger partial charge in [-0.25, -0.2) is 0 Å². The van der Waals surface area contributed by atoms with E-state index in [1.165, 1.54) is 0 Å². The van der Waals surface area contributed by atoms with Gasteiger partial charge in [0.1, 0.15) is 5.54 Å². The molecule has 2 aliphatic rings. The van der Waals surface area contributed by atoms with E-state index in [-0.39, 0.29) is 17.9 Å². The van der Waals surface area contributed by atoms with Gasteiger partial charge in [0.25, 0.3) is 0 Å². The average molecular weight is 267 g/mol. The molecular formula is C14H25N3O2. The minimum Gasteiger partial charge on any atom is -0.342 e. The van der Waals surface area contributed by atoms with Crippen molar-refractivity contribution in [2.24, 2.45) is 0 Å². The zero-order valence-electron chi connectivity index (χ0n) is 12.4. The highest BCUT2D eigenvalue weighted by Crippen LogP contribution is 2.24. The molecule has 2 fully saturated rings. The molecule has 19 heavy (non-hydrogen) atoms. The Morgan fingerprint density at radius 3 is 2.63 bits per heavy atom. The first-order valence-electron chi connectivity index (χ1n) is 7.17. The van der Waals surface area contributed by atoms with Crippen LogP contribution in [0.4, 0.5) is 0 Å². The molecule has 1 N–H and O–H groups in total. The highest BCUT2D eigenvalue weighted by atomic mass is 16.2. The predicted molar refractivity (Wildman–Crippen MR) is 73.7 cm³/mol. The summed E-state index contributed by atoms with van der Waals surface area (Å²) in [6.45, 7) is 7.04. The number of carbonyl (C=O) groups is 2. The molecular weight excluding hydrogens is 242 g/mol. The molecule has 0 aromatic carbocycles. The molecule has 2 heterocycles. The standard InChI is InChI=1S/C14H25N3O2/c1-10-6-5-7-11(15-10)12(18)17-9-8-16(4)13(19)14(17,2)3/h10-11,15H,5-9H2,1-4H3. The van der Waals surface area contributed by atoms with Gasteiger partial charge in [-0.05, 0) is 40.0 Å². The Morgan fingerprint density at radius 2 is 2.00 bits per heavy atom. The second-order valence-corrected chi connectivity index (χ2v) is 6.33. The lowest BCUT2D eigenvalue weighted by Crippen LogP contribution is -2.66. The molecule has 5 nitrogen and oxygen atoms in total. The van der Waals surface area contributed by atoms with Crippen molar-refractivity contribution in [1.29, 1.82) is 0 Å². The third-order valence-corrected chi connectivity index (χ3v) is 4.38. The highest BCUT2D eigenvalue weighted by Gasteiger charge is 2.44. The largest absolute Gasteiger partial charge is 0.342 e. The van der Waals surface area contributed by atoms with Gasteiger partial charge in [-0.3, -0.25) is 9.59 Å². The van der Waals surface area contributed by atoms with E-state index in [4.69, 9.17) is 0 Å². The van der Waals surface area contributed by atoms with Crippen LogP contribution in [0.2, 0.25) is 0 Å². The van der Waals surface area contributed by atoms with Gasteiger partial charge < -0.3 is 15.1 Å². The summed E-state index contributed by atoms with van der Waals surface area (Å²) in [4.78, 5) is 28.3. The van der Waals surface area contributed by atoms with Gasteiger partial charge in [-0.15, -0.1) is 0 Å². The lowest BCUT2D eigenvalue weighted by atomic mass is 9.93. The number of likely N-dealkylation sites (N-methyl/N-ethyl adjacent to an activating group) is 1. The Kier molecular flexibility index (Phi) is 3.85. The molecule has 0 spiro atoms. The maximum Gasteiger partial charge on any atom is 0.247 e. The molecule has 2 saturated heterocycles. The summed E-state index contributed by atoms with van der Waals surface area (Å²) in [5, 5.41) is 3.36. The molecule has 0 radical (unpaired) electrons. The van der Waals surface area contributed by atoms with Crippen molar-refractivity contribution in [2.45, 2.75) is 57.7 Å². The summed E-state index contributed by atoms with van der Waals surface area (Å²) in [6, 6.07) is 0.258. The molecule has 2 aliphatic heterocycles. The second-order valence-electron chi connectivity index (χ2n) is 6.33. The van der Waals surface area contributed by atoms with Gasteiger partial charge in [0.05, 0.1) is 6.04 Å². The van der Waals surface area contributed by atoms with Gasteiger partial charge in [0.2, 0.25) is 11.8 Å². The third-order valence-electron chi connectivity index (χ3n) is 4.38. The molecule has 5 heteroatoms. The number of hydrogen-bond donors (Lipinski definition) is 1. The van der Waals surface area contributed by atoms with Crippen LogP contribution < -0.4 is 5.32 Å². The fourth-order valence-electron chi connectivity index (χ4n) is 3.12. The summed E-state index contributed by atoms with van der Waals surface area (Å²) in [6.07, 6.45) is 3.07. The zero-order chi connectivity index (χ0) is 14.2. The Morgan fingerprint density at radius 1 is 1.32 bits per heavy atom. The number of amides is 2. The SMILES string of the molecule is CC1CCCC(C(=O)N2CCN(C)C(=O)C2(C)C)N1. The molecule has 2 rings (SSSR count). The van der Waals surface area contributed by atoms with Crippen LogP contribution in [-0.2, 0) is 9.59 Å². The van der Waals surface area contributed by atoms with E-state index >= 15 is 0 Å². The van der Waals surface area contributed by atoms with Crippen LogP contribution in [0.1, 0.15) is 40.0 Å². The Labute approximate surface area is 115 Å². The van der Waals surface area contributed by atoms with Gasteiger partial charge in [-0.2, -0.15) is 0 Å². The minimum atomic E-state index is -0.730. The van der Waals surface area contributed by atoms with Crippen molar-refractivity contribution < 1.29 is 9.59 Å². The van der Waals surface area contributed by atoms with Crippen LogP contribution in [0.15, 0.2) is 0 Å². The number of carbonyl (C=O) groups excluding carboxylic acids is 2. The van der Waals surface area contributed by atoms with Gasteiger partial charge in [0.15, 0.2) is 0 Å². The van der Waals surface area contributed by atoms with Crippen molar-refractivity contribution in [3.05, 3.63) is 0 Å². The maximum absolute atomic E-state index is 12.7. The van der Waals surface area contributed by atoms with E-state index in [1.807, 2.05) is 13.8 Å². The van der Waals surface area contributed by atoms with Crippen molar-refractivity contribution in [3.63, 3.8) is 0 Å². The number of hydrogen-bond acceptors (Lipinski definition) is 3. The van der Waals surface area contributed by atoms with Crippen LogP contribution in [0, 0.1) is 0 Å². The summed E-state index contributed by atoms with van der Waals surface area (Å²) in [5.74, 6) is 0.106. The zero-order valence-corrected chi connectivity index (χ0v) is 12.4.